The van der Waals surface area contributed by atoms with E-state index in [0.717, 1.165) is 61.7 Å². The fraction of sp³-hybridized carbons (Fsp3) is 0.571. The standard InChI is InChI=1S/C35H45ClN2O4S/c1-23-6-4-8-32(41-17-16-40-3)29-12-9-27(29)20-38-21-35(15-5-7-25-18-28(36)11-13-30(25)35)22-42-33-14-10-26(19-31(33)38)34(39)37-43-24(23)2/h4,8,10-11,13-14,18-19,23-24,27,29,32H,5-7,9,12,15-17,20-22H2,1-3H3,(H,37,39)/b8-4+/t23-,24+,27-,29+,32-,35-/m0/s1. The molecule has 1 fully saturated rings. The number of aryl methyl sites for hydroxylation is 1. The molecule has 2 bridgehead atoms. The lowest BCUT2D eigenvalue weighted by Gasteiger charge is -2.46. The van der Waals surface area contributed by atoms with Crippen molar-refractivity contribution in [3.8, 4) is 5.75 Å². The lowest BCUT2D eigenvalue weighted by molar-refractivity contribution is -0.0309. The summed E-state index contributed by atoms with van der Waals surface area (Å²) in [6.07, 6.45) is 11.1. The van der Waals surface area contributed by atoms with E-state index in [1.165, 1.54) is 29.5 Å². The van der Waals surface area contributed by atoms with Crippen molar-refractivity contribution in [3.05, 3.63) is 70.3 Å². The maximum absolute atomic E-state index is 13.4. The van der Waals surface area contributed by atoms with Crippen molar-refractivity contribution >= 4 is 35.1 Å². The van der Waals surface area contributed by atoms with E-state index in [9.17, 15) is 4.79 Å². The third kappa shape index (κ3) is 6.61. The number of ether oxygens (including phenoxy) is 3. The maximum atomic E-state index is 13.4. The van der Waals surface area contributed by atoms with E-state index in [0.29, 0.717) is 43.1 Å². The molecular weight excluding hydrogens is 580 g/mol. The summed E-state index contributed by atoms with van der Waals surface area (Å²) in [5.41, 5.74) is 4.23. The number of carbonyl (C=O) groups is 1. The van der Waals surface area contributed by atoms with Gasteiger partial charge in [-0.25, -0.2) is 0 Å². The van der Waals surface area contributed by atoms with Crippen LogP contribution in [0.1, 0.15) is 67.4 Å². The molecule has 6 rings (SSSR count). The fourth-order valence-corrected chi connectivity index (χ4v) is 8.27. The number of hydrogen-bond donors (Lipinski definition) is 1. The number of methoxy groups -OCH3 is 1. The monoisotopic (exact) mass is 624 g/mol. The molecule has 1 N–H and O–H groups in total. The molecule has 232 valence electrons. The molecule has 0 aromatic heterocycles. The lowest BCUT2D eigenvalue weighted by atomic mass is 9.68. The minimum Gasteiger partial charge on any atom is -0.490 e. The van der Waals surface area contributed by atoms with Crippen LogP contribution in [0.4, 0.5) is 5.69 Å². The zero-order chi connectivity index (χ0) is 30.0. The zero-order valence-corrected chi connectivity index (χ0v) is 27.2. The third-order valence-electron chi connectivity index (χ3n) is 10.2. The Labute approximate surface area is 266 Å². The molecule has 6 nitrogen and oxygen atoms in total. The van der Waals surface area contributed by atoms with Gasteiger partial charge in [0.2, 0.25) is 0 Å². The van der Waals surface area contributed by atoms with Crippen molar-refractivity contribution in [1.29, 1.82) is 0 Å². The number of nitrogens with one attached hydrogen (secondary N) is 1. The summed E-state index contributed by atoms with van der Waals surface area (Å²) in [4.78, 5) is 15.9. The highest BCUT2D eigenvalue weighted by Gasteiger charge is 2.44. The Kier molecular flexibility index (Phi) is 9.63. The Morgan fingerprint density at radius 3 is 2.86 bits per heavy atom. The van der Waals surface area contributed by atoms with Crippen LogP contribution >= 0.6 is 23.5 Å². The summed E-state index contributed by atoms with van der Waals surface area (Å²) in [5.74, 6) is 2.13. The Hall–Kier alpha value is -2.19. The predicted molar refractivity (Wildman–Crippen MR) is 175 cm³/mol. The normalized spacial score (nSPS) is 31.6. The number of benzene rings is 2. The highest BCUT2D eigenvalue weighted by Crippen LogP contribution is 2.47. The molecule has 8 heteroatoms. The summed E-state index contributed by atoms with van der Waals surface area (Å²) in [5, 5.41) is 1.06. The van der Waals surface area contributed by atoms with Gasteiger partial charge in [0, 0.05) is 41.5 Å². The van der Waals surface area contributed by atoms with Gasteiger partial charge in [0.05, 0.1) is 31.6 Å². The van der Waals surface area contributed by atoms with Crippen molar-refractivity contribution in [2.45, 2.75) is 69.1 Å². The van der Waals surface area contributed by atoms with Crippen LogP contribution in [0, 0.1) is 17.8 Å². The van der Waals surface area contributed by atoms with Gasteiger partial charge in [-0.1, -0.05) is 43.7 Å². The molecular formula is C35H45ClN2O4S. The second-order valence-corrected chi connectivity index (χ2v) is 14.6. The molecule has 2 aromatic carbocycles. The first-order valence-electron chi connectivity index (χ1n) is 15.9. The van der Waals surface area contributed by atoms with Crippen LogP contribution in [-0.4, -0.2) is 57.3 Å². The molecule has 43 heavy (non-hydrogen) atoms. The second kappa shape index (κ2) is 13.4. The molecule has 1 saturated carbocycles. The van der Waals surface area contributed by atoms with Crippen molar-refractivity contribution in [2.75, 3.05) is 44.9 Å². The minimum absolute atomic E-state index is 0.0563. The van der Waals surface area contributed by atoms with Crippen LogP contribution < -0.4 is 14.4 Å². The molecule has 0 radical (unpaired) electrons. The Morgan fingerprint density at radius 1 is 1.16 bits per heavy atom. The molecule has 2 aliphatic heterocycles. The number of hydrogen-bond acceptors (Lipinski definition) is 6. The molecule has 0 unspecified atom stereocenters. The summed E-state index contributed by atoms with van der Waals surface area (Å²) >= 11 is 7.96. The lowest BCUT2D eigenvalue weighted by Crippen LogP contribution is -2.49. The van der Waals surface area contributed by atoms with E-state index in [1.807, 2.05) is 18.2 Å². The van der Waals surface area contributed by atoms with Crippen molar-refractivity contribution in [3.63, 3.8) is 0 Å². The molecule has 4 aliphatic rings. The fourth-order valence-electron chi connectivity index (χ4n) is 7.32. The first-order chi connectivity index (χ1) is 20.9. The van der Waals surface area contributed by atoms with E-state index in [1.54, 1.807) is 7.11 Å². The SMILES string of the molecule is COCCO[C@H]1/C=C/C[C@H](C)[C@@H](C)SNC(=O)c2ccc3c(c2)N(C[C@@H]2CC[C@H]21)C[C@@]1(CCCc2cc(Cl)ccc21)CO3. The molecule has 2 heterocycles. The summed E-state index contributed by atoms with van der Waals surface area (Å²) < 4.78 is 21.6. The Morgan fingerprint density at radius 2 is 2.05 bits per heavy atom. The Bertz CT molecular complexity index is 1340. The van der Waals surface area contributed by atoms with Gasteiger partial charge >= 0.3 is 0 Å². The van der Waals surface area contributed by atoms with Gasteiger partial charge in [-0.2, -0.15) is 0 Å². The topological polar surface area (TPSA) is 60.0 Å². The van der Waals surface area contributed by atoms with E-state index in [-0.39, 0.29) is 22.7 Å². The van der Waals surface area contributed by atoms with E-state index >= 15 is 0 Å². The number of nitrogens with zero attached hydrogens (tertiary/aromatic N) is 1. The quantitative estimate of drug-likeness (QED) is 0.220. The first-order valence-corrected chi connectivity index (χ1v) is 17.2. The molecule has 1 spiro atoms. The Balaban J connectivity index is 1.37. The number of carbonyl (C=O) groups excluding carboxylic acids is 1. The average molecular weight is 625 g/mol. The zero-order valence-electron chi connectivity index (χ0n) is 25.7. The van der Waals surface area contributed by atoms with Gasteiger partial charge in [0.15, 0.2) is 0 Å². The number of fused-ring (bicyclic) bond motifs is 4. The number of rotatable bonds is 4. The molecule has 0 saturated heterocycles. The maximum Gasteiger partial charge on any atom is 0.261 e. The van der Waals surface area contributed by atoms with Crippen LogP contribution in [0.5, 0.6) is 5.75 Å². The van der Waals surface area contributed by atoms with Gasteiger partial charge in [0.25, 0.3) is 5.91 Å². The van der Waals surface area contributed by atoms with Crippen LogP contribution in [0.2, 0.25) is 5.02 Å². The van der Waals surface area contributed by atoms with Gasteiger partial charge in [-0.3, -0.25) is 9.52 Å². The molecule has 1 amide bonds. The molecule has 2 aliphatic carbocycles. The predicted octanol–water partition coefficient (Wildman–Crippen LogP) is 7.23. The van der Waals surface area contributed by atoms with Gasteiger partial charge in [-0.15, -0.1) is 0 Å². The minimum atomic E-state index is -0.143. The second-order valence-electron chi connectivity index (χ2n) is 13.0. The van der Waals surface area contributed by atoms with Crippen molar-refractivity contribution in [1.82, 2.24) is 4.72 Å². The van der Waals surface area contributed by atoms with Crippen LogP contribution in [0.15, 0.2) is 48.6 Å². The van der Waals surface area contributed by atoms with Gasteiger partial charge < -0.3 is 19.1 Å². The highest BCUT2D eigenvalue weighted by atomic mass is 35.5. The molecule has 6 atom stereocenters. The number of anilines is 1. The summed E-state index contributed by atoms with van der Waals surface area (Å²) in [6.45, 7) is 7.97. The van der Waals surface area contributed by atoms with E-state index < -0.39 is 0 Å². The van der Waals surface area contributed by atoms with Crippen LogP contribution in [0.3, 0.4) is 0 Å². The summed E-state index contributed by atoms with van der Waals surface area (Å²) in [6, 6.07) is 12.3. The van der Waals surface area contributed by atoms with Gasteiger partial charge in [-0.05, 0) is 110 Å². The van der Waals surface area contributed by atoms with E-state index in [2.05, 4.69) is 53.8 Å². The first kappa shape index (κ1) is 30.8. The van der Waals surface area contributed by atoms with Crippen LogP contribution in [-0.2, 0) is 21.3 Å². The van der Waals surface area contributed by atoms with E-state index in [4.69, 9.17) is 25.8 Å². The van der Waals surface area contributed by atoms with Crippen LogP contribution in [0.25, 0.3) is 0 Å². The number of amides is 1. The number of halogens is 1. The van der Waals surface area contributed by atoms with Gasteiger partial charge in [0.1, 0.15) is 5.75 Å². The van der Waals surface area contributed by atoms with Crippen molar-refractivity contribution in [2.24, 2.45) is 17.8 Å². The third-order valence-corrected chi connectivity index (χ3v) is 11.6. The number of allylic oxidation sites excluding steroid dienone is 1. The summed E-state index contributed by atoms with van der Waals surface area (Å²) in [7, 11) is 1.73. The smallest absolute Gasteiger partial charge is 0.261 e. The average Bonchev–Trinajstić information content (AvgIpc) is 3.14. The highest BCUT2D eigenvalue weighted by molar-refractivity contribution is 7.98. The molecule has 2 aromatic rings. The van der Waals surface area contributed by atoms with Crippen molar-refractivity contribution < 1.29 is 19.0 Å². The largest absolute Gasteiger partial charge is 0.490 e.